The largest absolute Gasteiger partial charge is 0.450 e. The number of hydrogen-bond donors (Lipinski definition) is 21. The van der Waals surface area contributed by atoms with E-state index in [2.05, 4.69) is 0 Å². The van der Waals surface area contributed by atoms with Crippen LogP contribution in [0.15, 0.2) is 30.3 Å². The number of esters is 1. The highest BCUT2D eigenvalue weighted by Crippen LogP contribution is 2.38. The second kappa shape index (κ2) is 30.8. The fourth-order valence-electron chi connectivity index (χ4n) is 10.8. The molecule has 35 atom stereocenters. The van der Waals surface area contributed by atoms with Crippen molar-refractivity contribution in [1.29, 1.82) is 0 Å². The fourth-order valence-corrected chi connectivity index (χ4v) is 10.8. The van der Waals surface area contributed by atoms with Crippen LogP contribution < -0.4 is 0 Å². The van der Waals surface area contributed by atoms with Crippen molar-refractivity contribution in [3.63, 3.8) is 0 Å². The molecule has 1 aromatic carbocycles. The molecular weight excluding hydrogens is 1190 g/mol. The van der Waals surface area contributed by atoms with Gasteiger partial charge in [0.2, 0.25) is 0 Å². The summed E-state index contributed by atoms with van der Waals surface area (Å²) in [6.45, 7) is -6.71. The van der Waals surface area contributed by atoms with E-state index in [0.717, 1.165) is 7.11 Å². The Bertz CT molecular complexity index is 2230. The minimum absolute atomic E-state index is 0.0233. The van der Waals surface area contributed by atoms with Gasteiger partial charge in [0, 0.05) is 7.11 Å². The third-order valence-corrected chi connectivity index (χ3v) is 15.9. The van der Waals surface area contributed by atoms with Crippen LogP contribution in [0.5, 0.6) is 0 Å². The molecule has 0 aliphatic carbocycles. The van der Waals surface area contributed by atoms with Gasteiger partial charge >= 0.3 is 5.97 Å². The highest BCUT2D eigenvalue weighted by molar-refractivity contribution is 5.89. The fraction of sp³-hybridized carbons (Fsp3) is 0.860. The number of benzene rings is 1. The third kappa shape index (κ3) is 15.0. The van der Waals surface area contributed by atoms with E-state index in [1.807, 2.05) is 0 Å². The first-order valence-corrected chi connectivity index (χ1v) is 27.6. The molecule has 0 radical (unpaired) electrons. The Kier molecular flexibility index (Phi) is 24.9. The summed E-state index contributed by atoms with van der Waals surface area (Å²) in [5.74, 6) is -1.04. The normalized spacial score (nSPS) is 49.1. The van der Waals surface area contributed by atoms with Crippen LogP contribution in [0, 0.1) is 0 Å². The zero-order chi connectivity index (χ0) is 63.5. The average molecular weight is 1270 g/mol. The predicted molar refractivity (Wildman–Crippen MR) is 266 cm³/mol. The van der Waals surface area contributed by atoms with E-state index >= 15 is 0 Å². The van der Waals surface area contributed by atoms with Crippen LogP contribution in [0.3, 0.4) is 0 Å². The zero-order valence-corrected chi connectivity index (χ0v) is 46.0. The molecule has 500 valence electrons. The lowest BCUT2D eigenvalue weighted by atomic mass is 9.95. The summed E-state index contributed by atoms with van der Waals surface area (Å²) < 4.78 is 85.1. The molecule has 37 nitrogen and oxygen atoms in total. The number of hydrogen-bond acceptors (Lipinski definition) is 37. The Labute approximate surface area is 492 Å². The number of rotatable bonds is 22. The highest BCUT2D eigenvalue weighted by atomic mass is 16.8. The molecule has 0 saturated carbocycles. The Hall–Kier alpha value is -2.71. The van der Waals surface area contributed by atoms with E-state index in [1.165, 1.54) is 24.3 Å². The van der Waals surface area contributed by atoms with Crippen LogP contribution in [0.4, 0.5) is 0 Å². The maximum Gasteiger partial charge on any atom is 0.338 e. The van der Waals surface area contributed by atoms with Gasteiger partial charge in [-0.15, -0.1) is 0 Å². The topological polar surface area (TPSA) is 580 Å². The van der Waals surface area contributed by atoms with Crippen LogP contribution in [0.25, 0.3) is 0 Å². The number of aliphatic hydroxyl groups is 21. The van der Waals surface area contributed by atoms with Crippen molar-refractivity contribution in [3.8, 4) is 0 Å². The molecule has 87 heavy (non-hydrogen) atoms. The quantitative estimate of drug-likeness (QED) is 0.0479. The molecule has 0 bridgehead atoms. The van der Waals surface area contributed by atoms with Gasteiger partial charge < -0.3 is 178 Å². The number of carbonyl (C=O) groups is 1. The summed E-state index contributed by atoms with van der Waals surface area (Å²) in [5, 5.41) is 229. The first-order valence-electron chi connectivity index (χ1n) is 27.6. The Balaban J connectivity index is 1.07. The molecule has 21 N–H and O–H groups in total. The molecule has 7 aliphatic heterocycles. The van der Waals surface area contributed by atoms with Gasteiger partial charge in [0.15, 0.2) is 50.1 Å². The number of methoxy groups -OCH3 is 1. The minimum Gasteiger partial charge on any atom is -0.450 e. The van der Waals surface area contributed by atoms with Crippen molar-refractivity contribution in [2.45, 2.75) is 215 Å². The maximum absolute atomic E-state index is 13.2. The van der Waals surface area contributed by atoms with E-state index in [0.29, 0.717) is 0 Å². The smallest absolute Gasteiger partial charge is 0.338 e. The van der Waals surface area contributed by atoms with Gasteiger partial charge in [-0.05, 0) is 12.1 Å². The van der Waals surface area contributed by atoms with Gasteiger partial charge in [-0.1, -0.05) is 18.2 Å². The lowest BCUT2D eigenvalue weighted by Gasteiger charge is -2.50. The first-order chi connectivity index (χ1) is 41.4. The van der Waals surface area contributed by atoms with E-state index in [1.54, 1.807) is 6.07 Å². The minimum atomic E-state index is -2.42. The molecule has 1 aromatic rings. The summed E-state index contributed by atoms with van der Waals surface area (Å²) in [5.41, 5.74) is -0.0233. The Morgan fingerprint density at radius 3 is 1.03 bits per heavy atom. The second-order valence-electron chi connectivity index (χ2n) is 21.6. The average Bonchev–Trinajstić information content (AvgIpc) is 1.34. The summed E-state index contributed by atoms with van der Waals surface area (Å²) in [7, 11) is 1.09. The van der Waals surface area contributed by atoms with E-state index in [-0.39, 0.29) is 5.56 Å². The zero-order valence-electron chi connectivity index (χ0n) is 46.0. The molecular formula is C50H78O37. The summed E-state index contributed by atoms with van der Waals surface area (Å²) >= 11 is 0. The standard InChI is InChI=1S/C50H78O37/c1-73-44-34(68)38(25(59)18(10-54)76-44)85-48-37(71)41(28(62)21(82-48)13-75-50-42(31(65)24(58)17(9-53)80-50)83-43(72)14-5-3-2-4-6-14)87-47-35(69)39(26(60)19(11-55)79-47)86-49-36(70)40(84-46-33(67)30(64)23(57)16(8-52)78-46)27(61)20(81-49)12-74-45-32(66)29(63)22(56)15(7-51)77-45/h2-6,15-42,44-71H,7-13H2,1H3/t15?,16?,17?,18?,19?,20?,21?,22?,23?,24?,25?,26?,27-,28-,29?,30?,31?,32?,33?,34?,35?,36?,37?,38?,39?,40?,41?,42?,44?,45?,46?,47?,48?,49?,50?/m1/s1. The lowest BCUT2D eigenvalue weighted by Crippen LogP contribution is -2.68. The first kappa shape index (κ1) is 70.2. The summed E-state index contributed by atoms with van der Waals surface area (Å²) in [4.78, 5) is 13.2. The van der Waals surface area contributed by atoms with Crippen LogP contribution >= 0.6 is 0 Å². The van der Waals surface area contributed by atoms with Crippen molar-refractivity contribution in [1.82, 2.24) is 0 Å². The predicted octanol–water partition coefficient (Wildman–Crippen LogP) is -13.8. The molecule has 0 aromatic heterocycles. The van der Waals surface area contributed by atoms with Crippen LogP contribution in [-0.2, 0) is 71.1 Å². The van der Waals surface area contributed by atoms with Gasteiger partial charge in [0.1, 0.15) is 165 Å². The van der Waals surface area contributed by atoms with Crippen LogP contribution in [0.1, 0.15) is 10.4 Å². The van der Waals surface area contributed by atoms with Crippen LogP contribution in [-0.4, -0.2) is 382 Å². The molecule has 7 heterocycles. The van der Waals surface area contributed by atoms with Gasteiger partial charge in [-0.3, -0.25) is 0 Å². The number of carbonyl (C=O) groups excluding carboxylic acids is 1. The van der Waals surface area contributed by atoms with Gasteiger partial charge in [-0.2, -0.15) is 0 Å². The van der Waals surface area contributed by atoms with Crippen molar-refractivity contribution < 1.29 is 183 Å². The Morgan fingerprint density at radius 1 is 0.333 bits per heavy atom. The van der Waals surface area contributed by atoms with Crippen molar-refractivity contribution in [3.05, 3.63) is 35.9 Å². The van der Waals surface area contributed by atoms with Gasteiger partial charge in [0.05, 0.1) is 51.8 Å². The Morgan fingerprint density at radius 2 is 0.632 bits per heavy atom. The lowest BCUT2D eigenvalue weighted by molar-refractivity contribution is -0.398. The monoisotopic (exact) mass is 1270 g/mol. The van der Waals surface area contributed by atoms with Crippen molar-refractivity contribution in [2.75, 3.05) is 53.4 Å². The summed E-state index contributed by atoms with van der Waals surface area (Å²) in [6.07, 6.45) is -69.7. The molecule has 7 saturated heterocycles. The number of aliphatic hydroxyl groups excluding tert-OH is 21. The summed E-state index contributed by atoms with van der Waals surface area (Å²) in [6, 6.07) is 7.30. The molecule has 7 aliphatic rings. The molecule has 0 amide bonds. The second-order valence-corrected chi connectivity index (χ2v) is 21.6. The number of ether oxygens (including phenoxy) is 15. The highest BCUT2D eigenvalue weighted by Gasteiger charge is 2.58. The van der Waals surface area contributed by atoms with E-state index < -0.39 is 267 Å². The SMILES string of the molecule is COC1OC(CO)C(O)C(OC2OC(COC3OC(CO)C(O)C(O)C3OC(=O)c3ccccc3)[C@@H](O)C(OC3OC(CO)C(O)C(OC4OC(COC5OC(CO)C(O)C(O)C5O)[C@@H](O)C(OC5OC(CO)C(O)C(O)C5O)C4O)C3O)C2O)C1O. The van der Waals surface area contributed by atoms with E-state index in [9.17, 15) is 112 Å². The molecule has 33 unspecified atom stereocenters. The van der Waals surface area contributed by atoms with Crippen LogP contribution in [0.2, 0.25) is 0 Å². The third-order valence-electron chi connectivity index (χ3n) is 15.9. The molecule has 0 spiro atoms. The maximum atomic E-state index is 13.2. The van der Waals surface area contributed by atoms with Gasteiger partial charge in [0.25, 0.3) is 0 Å². The van der Waals surface area contributed by atoms with E-state index in [4.69, 9.17) is 71.1 Å². The van der Waals surface area contributed by atoms with Gasteiger partial charge in [-0.25, -0.2) is 4.79 Å². The molecule has 8 rings (SSSR count). The van der Waals surface area contributed by atoms with Crippen molar-refractivity contribution >= 4 is 5.97 Å². The van der Waals surface area contributed by atoms with Crippen molar-refractivity contribution in [2.24, 2.45) is 0 Å². The molecule has 37 heteroatoms. The molecule has 7 fully saturated rings.